The lowest BCUT2D eigenvalue weighted by Gasteiger charge is -2.11. The van der Waals surface area contributed by atoms with Crippen molar-refractivity contribution in [3.63, 3.8) is 0 Å². The van der Waals surface area contributed by atoms with Crippen LogP contribution >= 0.6 is 0 Å². The van der Waals surface area contributed by atoms with Crippen LogP contribution in [0.1, 0.15) is 20.8 Å². The van der Waals surface area contributed by atoms with Crippen LogP contribution in [0.15, 0.2) is 0 Å². The molecule has 0 spiro atoms. The molecule has 0 aromatic carbocycles. The molecule has 0 unspecified atom stereocenters. The largest absolute Gasteiger partial charge is 0.301 e. The van der Waals surface area contributed by atoms with Crippen LogP contribution in [0.25, 0.3) is 0 Å². The minimum atomic E-state index is -2.19. The second kappa shape index (κ2) is 8.82. The van der Waals surface area contributed by atoms with Crippen LogP contribution in [0.5, 0.6) is 0 Å². The van der Waals surface area contributed by atoms with Crippen molar-refractivity contribution in [2.75, 3.05) is 20.1 Å². The fourth-order valence-corrected chi connectivity index (χ4v) is 0.365. The van der Waals surface area contributed by atoms with Gasteiger partial charge in [0.1, 0.15) is 0 Å². The van der Waals surface area contributed by atoms with Crippen LogP contribution in [0.4, 0.5) is 8.78 Å². The van der Waals surface area contributed by atoms with Crippen LogP contribution in [0, 0.1) is 0 Å². The van der Waals surface area contributed by atoms with Gasteiger partial charge in [0.2, 0.25) is 0 Å². The number of hydrogen-bond acceptors (Lipinski definition) is 1. The highest BCUT2D eigenvalue weighted by Gasteiger charge is 2.03. The van der Waals surface area contributed by atoms with E-state index in [0.29, 0.717) is 6.54 Å². The van der Waals surface area contributed by atoms with Gasteiger partial charge in [-0.25, -0.2) is 8.78 Å². The lowest BCUT2D eigenvalue weighted by molar-refractivity contribution is 0.103. The Balaban J connectivity index is 0. The van der Waals surface area contributed by atoms with Gasteiger partial charge in [-0.05, 0) is 13.6 Å². The standard InChI is InChI=1S/C5H11F2N.C2H6/c1-3-8(2)4-5(6)7;1-2/h5H,3-4H2,1-2H3;1-2H3. The maximum absolute atomic E-state index is 11.4. The van der Waals surface area contributed by atoms with E-state index in [0.717, 1.165) is 0 Å². The molecular formula is C7H17F2N. The Kier molecular flexibility index (Phi) is 11.0. The summed E-state index contributed by atoms with van der Waals surface area (Å²) >= 11 is 0. The number of alkyl halides is 2. The van der Waals surface area contributed by atoms with Crippen molar-refractivity contribution in [3.05, 3.63) is 0 Å². The summed E-state index contributed by atoms with van der Waals surface area (Å²) in [6.07, 6.45) is -2.19. The molecule has 0 saturated heterocycles. The molecule has 3 heteroatoms. The average Bonchev–Trinajstić information content (AvgIpc) is 1.91. The second-order valence-corrected chi connectivity index (χ2v) is 1.75. The van der Waals surface area contributed by atoms with Crippen LogP contribution < -0.4 is 0 Å². The first-order valence-electron chi connectivity index (χ1n) is 3.63. The molecule has 64 valence electrons. The maximum atomic E-state index is 11.4. The first-order chi connectivity index (χ1) is 4.66. The Labute approximate surface area is 62.0 Å². The van der Waals surface area contributed by atoms with Crippen molar-refractivity contribution in [2.45, 2.75) is 27.2 Å². The van der Waals surface area contributed by atoms with Crippen molar-refractivity contribution in [3.8, 4) is 0 Å². The Morgan fingerprint density at radius 2 is 1.70 bits per heavy atom. The molecule has 0 aliphatic rings. The van der Waals surface area contributed by atoms with Gasteiger partial charge in [-0.15, -0.1) is 0 Å². The summed E-state index contributed by atoms with van der Waals surface area (Å²) in [4.78, 5) is 1.57. The molecule has 0 rings (SSSR count). The van der Waals surface area contributed by atoms with Gasteiger partial charge in [0.25, 0.3) is 6.43 Å². The molecule has 0 aliphatic carbocycles. The second-order valence-electron chi connectivity index (χ2n) is 1.75. The van der Waals surface area contributed by atoms with Crippen molar-refractivity contribution in [1.29, 1.82) is 0 Å². The average molecular weight is 153 g/mol. The van der Waals surface area contributed by atoms with Crippen LogP contribution in [-0.2, 0) is 0 Å². The van der Waals surface area contributed by atoms with E-state index in [1.165, 1.54) is 0 Å². The highest BCUT2D eigenvalue weighted by molar-refractivity contribution is 4.47. The molecule has 0 bridgehead atoms. The lowest BCUT2D eigenvalue weighted by Crippen LogP contribution is -2.23. The summed E-state index contributed by atoms with van der Waals surface area (Å²) in [5.74, 6) is 0. The van der Waals surface area contributed by atoms with Gasteiger partial charge in [-0.2, -0.15) is 0 Å². The predicted octanol–water partition coefficient (Wildman–Crippen LogP) is 2.23. The summed E-state index contributed by atoms with van der Waals surface area (Å²) in [6.45, 7) is 6.42. The zero-order valence-corrected chi connectivity index (χ0v) is 7.19. The molecule has 0 saturated carbocycles. The third-order valence-electron chi connectivity index (χ3n) is 0.990. The third kappa shape index (κ3) is 10.7. The fourth-order valence-electron chi connectivity index (χ4n) is 0.365. The number of hydrogen-bond donors (Lipinski definition) is 0. The van der Waals surface area contributed by atoms with Gasteiger partial charge < -0.3 is 4.90 Å². The summed E-state index contributed by atoms with van der Waals surface area (Å²) in [5.41, 5.74) is 0. The minimum absolute atomic E-state index is 0.115. The monoisotopic (exact) mass is 153 g/mol. The Morgan fingerprint density at radius 3 is 1.80 bits per heavy atom. The summed E-state index contributed by atoms with van der Waals surface area (Å²) in [6, 6.07) is 0. The summed E-state index contributed by atoms with van der Waals surface area (Å²) in [7, 11) is 1.67. The highest BCUT2D eigenvalue weighted by atomic mass is 19.3. The number of rotatable bonds is 3. The van der Waals surface area contributed by atoms with Crippen molar-refractivity contribution < 1.29 is 8.78 Å². The lowest BCUT2D eigenvalue weighted by atomic mass is 10.5. The Bertz CT molecular complexity index is 57.6. The van der Waals surface area contributed by atoms with Crippen molar-refractivity contribution in [1.82, 2.24) is 4.90 Å². The number of nitrogens with zero attached hydrogens (tertiary/aromatic N) is 1. The normalized spacial score (nSPS) is 9.60. The van der Waals surface area contributed by atoms with Gasteiger partial charge in [-0.3, -0.25) is 0 Å². The van der Waals surface area contributed by atoms with Crippen molar-refractivity contribution in [2.24, 2.45) is 0 Å². The van der Waals surface area contributed by atoms with E-state index in [4.69, 9.17) is 0 Å². The van der Waals surface area contributed by atoms with E-state index in [-0.39, 0.29) is 6.54 Å². The molecule has 0 fully saturated rings. The first-order valence-corrected chi connectivity index (χ1v) is 3.63. The molecule has 0 heterocycles. The van der Waals surface area contributed by atoms with Gasteiger partial charge in [-0.1, -0.05) is 20.8 Å². The SMILES string of the molecule is CC.CCN(C)CC(F)F. The summed E-state index contributed by atoms with van der Waals surface area (Å²) < 4.78 is 22.9. The first kappa shape index (κ1) is 12.5. The van der Waals surface area contributed by atoms with Gasteiger partial charge in [0.05, 0.1) is 6.54 Å². The molecule has 0 aromatic heterocycles. The Hall–Kier alpha value is -0.180. The molecule has 0 atom stereocenters. The molecule has 1 nitrogen and oxygen atoms in total. The van der Waals surface area contributed by atoms with Crippen LogP contribution in [0.3, 0.4) is 0 Å². The molecule has 0 radical (unpaired) electrons. The topological polar surface area (TPSA) is 3.24 Å². The zero-order valence-electron chi connectivity index (χ0n) is 7.19. The zero-order chi connectivity index (χ0) is 8.57. The number of halogens is 2. The molecule has 0 aromatic rings. The molecule has 0 N–H and O–H groups in total. The van der Waals surface area contributed by atoms with E-state index in [9.17, 15) is 8.78 Å². The van der Waals surface area contributed by atoms with E-state index in [1.807, 2.05) is 20.8 Å². The summed E-state index contributed by atoms with van der Waals surface area (Å²) in [5, 5.41) is 0. The van der Waals surface area contributed by atoms with Gasteiger partial charge in [0, 0.05) is 0 Å². The quantitative estimate of drug-likeness (QED) is 0.601. The van der Waals surface area contributed by atoms with Crippen LogP contribution in [0.2, 0.25) is 0 Å². The predicted molar refractivity (Wildman–Crippen MR) is 40.5 cm³/mol. The Morgan fingerprint density at radius 1 is 1.30 bits per heavy atom. The molecule has 0 aliphatic heterocycles. The highest BCUT2D eigenvalue weighted by Crippen LogP contribution is 1.93. The van der Waals surface area contributed by atoms with E-state index in [2.05, 4.69) is 0 Å². The van der Waals surface area contributed by atoms with Gasteiger partial charge >= 0.3 is 0 Å². The third-order valence-corrected chi connectivity index (χ3v) is 0.990. The van der Waals surface area contributed by atoms with Crippen molar-refractivity contribution >= 4 is 0 Å². The van der Waals surface area contributed by atoms with Gasteiger partial charge in [0.15, 0.2) is 0 Å². The minimum Gasteiger partial charge on any atom is -0.301 e. The van der Waals surface area contributed by atoms with E-state index in [1.54, 1.807) is 11.9 Å². The smallest absolute Gasteiger partial charge is 0.251 e. The molecular weight excluding hydrogens is 136 g/mol. The molecule has 0 amide bonds. The fraction of sp³-hybridized carbons (Fsp3) is 1.00. The molecule has 10 heavy (non-hydrogen) atoms. The maximum Gasteiger partial charge on any atom is 0.251 e. The van der Waals surface area contributed by atoms with E-state index < -0.39 is 6.43 Å². The van der Waals surface area contributed by atoms with Crippen LogP contribution in [-0.4, -0.2) is 31.5 Å². The van der Waals surface area contributed by atoms with E-state index >= 15 is 0 Å².